The van der Waals surface area contributed by atoms with Crippen molar-refractivity contribution in [3.05, 3.63) is 28.7 Å². The normalized spacial score (nSPS) is 25.4. The Balaban J connectivity index is 1.71. The molecule has 1 aromatic rings. The molecule has 1 heterocycles. The van der Waals surface area contributed by atoms with E-state index in [1.807, 2.05) is 0 Å². The van der Waals surface area contributed by atoms with E-state index in [1.165, 1.54) is 19.3 Å². The minimum absolute atomic E-state index is 0.0465. The number of sulfonamides is 1. The Morgan fingerprint density at radius 1 is 1.25 bits per heavy atom. The van der Waals surface area contributed by atoms with Gasteiger partial charge in [0.25, 0.3) is 0 Å². The maximum absolute atomic E-state index is 12.4. The second kappa shape index (κ2) is 5.40. The van der Waals surface area contributed by atoms with Gasteiger partial charge in [-0.2, -0.15) is 0 Å². The maximum atomic E-state index is 12.4. The van der Waals surface area contributed by atoms with Crippen molar-refractivity contribution in [3.63, 3.8) is 0 Å². The van der Waals surface area contributed by atoms with Gasteiger partial charge in [-0.1, -0.05) is 15.9 Å². The van der Waals surface area contributed by atoms with E-state index >= 15 is 0 Å². The average Bonchev–Trinajstić information content (AvgIpc) is 2.37. The largest absolute Gasteiger partial charge is 0.311 e. The standard InChI is InChI=1S/C14H19BrN2O2S/c15-11-2-4-13(5-3-11)20(18,19)17-12-6-9-16-14(10-12)7-1-8-14/h2-5,12,16-17H,1,6-10H2. The van der Waals surface area contributed by atoms with Crippen molar-refractivity contribution in [1.82, 2.24) is 10.0 Å². The van der Waals surface area contributed by atoms with E-state index in [0.29, 0.717) is 4.90 Å². The molecule has 1 unspecified atom stereocenters. The van der Waals surface area contributed by atoms with Crippen LogP contribution in [-0.2, 0) is 10.0 Å². The van der Waals surface area contributed by atoms with Crippen LogP contribution in [0.1, 0.15) is 32.1 Å². The van der Waals surface area contributed by atoms with Crippen LogP contribution >= 0.6 is 15.9 Å². The van der Waals surface area contributed by atoms with Crippen molar-refractivity contribution in [2.24, 2.45) is 0 Å². The van der Waals surface area contributed by atoms with E-state index < -0.39 is 10.0 Å². The molecule has 110 valence electrons. The number of benzene rings is 1. The summed E-state index contributed by atoms with van der Waals surface area (Å²) in [5.41, 5.74) is 0.200. The first-order chi connectivity index (χ1) is 9.49. The highest BCUT2D eigenvalue weighted by Gasteiger charge is 2.41. The number of halogens is 1. The summed E-state index contributed by atoms with van der Waals surface area (Å²) in [6, 6.07) is 6.82. The van der Waals surface area contributed by atoms with Crippen molar-refractivity contribution in [2.45, 2.75) is 48.6 Å². The lowest BCUT2D eigenvalue weighted by Gasteiger charge is -2.48. The van der Waals surface area contributed by atoms with Gasteiger partial charge >= 0.3 is 0 Å². The van der Waals surface area contributed by atoms with Crippen LogP contribution in [0.25, 0.3) is 0 Å². The molecule has 2 fully saturated rings. The molecule has 0 bridgehead atoms. The number of nitrogens with one attached hydrogen (secondary N) is 2. The summed E-state index contributed by atoms with van der Waals surface area (Å²) in [7, 11) is -3.41. The topological polar surface area (TPSA) is 58.2 Å². The molecule has 6 heteroatoms. The Hall–Kier alpha value is -0.430. The van der Waals surface area contributed by atoms with Crippen molar-refractivity contribution in [3.8, 4) is 0 Å². The van der Waals surface area contributed by atoms with Crippen molar-refractivity contribution >= 4 is 26.0 Å². The summed E-state index contributed by atoms with van der Waals surface area (Å²) < 4.78 is 28.5. The average molecular weight is 359 g/mol. The lowest BCUT2D eigenvalue weighted by molar-refractivity contribution is 0.126. The van der Waals surface area contributed by atoms with Gasteiger partial charge in [-0.25, -0.2) is 13.1 Å². The molecule has 0 amide bonds. The lowest BCUT2D eigenvalue weighted by atomic mass is 9.70. The number of rotatable bonds is 3. The Morgan fingerprint density at radius 3 is 2.55 bits per heavy atom. The fourth-order valence-electron chi connectivity index (χ4n) is 3.14. The zero-order valence-corrected chi connectivity index (χ0v) is 13.6. The summed E-state index contributed by atoms with van der Waals surface area (Å²) in [6.07, 6.45) is 5.35. The smallest absolute Gasteiger partial charge is 0.240 e. The van der Waals surface area contributed by atoms with Gasteiger partial charge in [0.15, 0.2) is 0 Å². The van der Waals surface area contributed by atoms with Gasteiger partial charge in [-0.15, -0.1) is 0 Å². The molecule has 3 rings (SSSR count). The van der Waals surface area contributed by atoms with Crippen molar-refractivity contribution in [2.75, 3.05) is 6.54 Å². The zero-order valence-electron chi connectivity index (χ0n) is 11.2. The third-order valence-corrected chi connectivity index (χ3v) is 6.45. The van der Waals surface area contributed by atoms with E-state index in [9.17, 15) is 8.42 Å². The summed E-state index contributed by atoms with van der Waals surface area (Å²) in [5.74, 6) is 0. The van der Waals surface area contributed by atoms with Crippen LogP contribution in [0.2, 0.25) is 0 Å². The molecule has 0 aromatic heterocycles. The van der Waals surface area contributed by atoms with Crippen LogP contribution in [0, 0.1) is 0 Å². The molecule has 2 N–H and O–H groups in total. The van der Waals surface area contributed by atoms with Crippen LogP contribution in [0.3, 0.4) is 0 Å². The van der Waals surface area contributed by atoms with Gasteiger partial charge in [0.05, 0.1) is 4.90 Å². The highest BCUT2D eigenvalue weighted by molar-refractivity contribution is 9.10. The molecule has 1 spiro atoms. The molecule has 1 saturated carbocycles. The van der Waals surface area contributed by atoms with Crippen LogP contribution in [0.15, 0.2) is 33.6 Å². The Morgan fingerprint density at radius 2 is 1.95 bits per heavy atom. The Bertz CT molecular complexity index is 582. The van der Waals surface area contributed by atoms with Crippen LogP contribution in [0.5, 0.6) is 0 Å². The first kappa shape index (κ1) is 14.5. The van der Waals surface area contributed by atoms with Gasteiger partial charge in [0.1, 0.15) is 0 Å². The summed E-state index contributed by atoms with van der Waals surface area (Å²) >= 11 is 3.32. The first-order valence-electron chi connectivity index (χ1n) is 7.02. The predicted molar refractivity (Wildman–Crippen MR) is 82.1 cm³/mol. The first-order valence-corrected chi connectivity index (χ1v) is 9.30. The maximum Gasteiger partial charge on any atom is 0.240 e. The minimum Gasteiger partial charge on any atom is -0.311 e. The SMILES string of the molecule is O=S(=O)(NC1CCNC2(CCC2)C1)c1ccc(Br)cc1. The van der Waals surface area contributed by atoms with Crippen LogP contribution in [-0.4, -0.2) is 26.5 Å². The molecule has 20 heavy (non-hydrogen) atoms. The molecule has 1 aliphatic heterocycles. The molecule has 1 saturated heterocycles. The van der Waals surface area contributed by atoms with E-state index in [0.717, 1.165) is 23.9 Å². The van der Waals surface area contributed by atoms with Gasteiger partial charge < -0.3 is 5.32 Å². The van der Waals surface area contributed by atoms with E-state index in [-0.39, 0.29) is 11.6 Å². The molecule has 1 aromatic carbocycles. The fraction of sp³-hybridized carbons (Fsp3) is 0.571. The van der Waals surface area contributed by atoms with Crippen LogP contribution in [0.4, 0.5) is 0 Å². The summed E-state index contributed by atoms with van der Waals surface area (Å²) in [4.78, 5) is 0.335. The molecule has 1 aliphatic carbocycles. The third kappa shape index (κ3) is 2.93. The molecule has 4 nitrogen and oxygen atoms in total. The van der Waals surface area contributed by atoms with E-state index in [2.05, 4.69) is 26.0 Å². The van der Waals surface area contributed by atoms with Gasteiger partial charge in [-0.05, 0) is 62.9 Å². The zero-order chi connectivity index (χ0) is 14.2. The number of piperidine rings is 1. The van der Waals surface area contributed by atoms with E-state index in [1.54, 1.807) is 24.3 Å². The van der Waals surface area contributed by atoms with E-state index in [4.69, 9.17) is 0 Å². The monoisotopic (exact) mass is 358 g/mol. The van der Waals surface area contributed by atoms with Gasteiger partial charge in [-0.3, -0.25) is 0 Å². The third-order valence-electron chi connectivity index (χ3n) is 4.39. The molecular weight excluding hydrogens is 340 g/mol. The highest BCUT2D eigenvalue weighted by atomic mass is 79.9. The molecular formula is C14H19BrN2O2S. The predicted octanol–water partition coefficient (Wildman–Crippen LogP) is 2.40. The Kier molecular flexibility index (Phi) is 3.92. The van der Waals surface area contributed by atoms with Crippen molar-refractivity contribution < 1.29 is 8.42 Å². The summed E-state index contributed by atoms with van der Waals surface area (Å²) in [5, 5.41) is 3.55. The molecule has 0 radical (unpaired) electrons. The van der Waals surface area contributed by atoms with Gasteiger partial charge in [0, 0.05) is 16.1 Å². The van der Waals surface area contributed by atoms with Crippen molar-refractivity contribution in [1.29, 1.82) is 0 Å². The number of hydrogen-bond donors (Lipinski definition) is 2. The minimum atomic E-state index is -3.41. The quantitative estimate of drug-likeness (QED) is 0.872. The molecule has 1 atom stereocenters. The second-order valence-corrected chi connectivity index (χ2v) is 8.46. The second-order valence-electron chi connectivity index (χ2n) is 5.83. The molecule has 2 aliphatic rings. The Labute approximate surface area is 128 Å². The summed E-state index contributed by atoms with van der Waals surface area (Å²) in [6.45, 7) is 0.896. The van der Waals surface area contributed by atoms with Gasteiger partial charge in [0.2, 0.25) is 10.0 Å². The highest BCUT2D eigenvalue weighted by Crippen LogP contribution is 2.38. The number of hydrogen-bond acceptors (Lipinski definition) is 3. The fourth-order valence-corrected chi connectivity index (χ4v) is 4.68. The lowest BCUT2D eigenvalue weighted by Crippen LogP contribution is -2.59. The van der Waals surface area contributed by atoms with Crippen LogP contribution < -0.4 is 10.0 Å².